The molecule has 3 aromatic rings. The molecule has 1 heterocycles. The van der Waals surface area contributed by atoms with Crippen LogP contribution in [0.2, 0.25) is 0 Å². The first-order valence-corrected chi connectivity index (χ1v) is 11.5. The minimum Gasteiger partial charge on any atom is -0.334 e. The molecule has 0 unspecified atom stereocenters. The van der Waals surface area contributed by atoms with E-state index in [0.29, 0.717) is 17.8 Å². The lowest BCUT2D eigenvalue weighted by atomic mass is 10.2. The molecule has 2 amide bonds. The van der Waals surface area contributed by atoms with Gasteiger partial charge in [0.1, 0.15) is 0 Å². The molecule has 8 heteroatoms. The van der Waals surface area contributed by atoms with E-state index in [9.17, 15) is 13.2 Å². The number of urea groups is 1. The highest BCUT2D eigenvalue weighted by atomic mass is 79.9. The van der Waals surface area contributed by atoms with Crippen LogP contribution in [0.3, 0.4) is 0 Å². The molecule has 2 aromatic carbocycles. The number of hydrogen-bond acceptors (Lipinski definition) is 4. The molecule has 0 spiro atoms. The summed E-state index contributed by atoms with van der Waals surface area (Å²) in [4.78, 5) is 15.9. The number of nitrogens with zero attached hydrogens (tertiary/aromatic N) is 1. The van der Waals surface area contributed by atoms with Crippen molar-refractivity contribution in [2.45, 2.75) is 18.1 Å². The molecule has 0 aliphatic heterocycles. The summed E-state index contributed by atoms with van der Waals surface area (Å²) in [5, 5.41) is 5.48. The van der Waals surface area contributed by atoms with Crippen molar-refractivity contribution in [3.8, 4) is 0 Å². The minimum atomic E-state index is -3.30. The van der Waals surface area contributed by atoms with Gasteiger partial charge >= 0.3 is 6.03 Å². The number of benzene rings is 2. The van der Waals surface area contributed by atoms with Gasteiger partial charge in [0.15, 0.2) is 9.84 Å². The van der Waals surface area contributed by atoms with E-state index in [0.717, 1.165) is 15.6 Å². The molecule has 0 bridgehead atoms. The third-order valence-corrected chi connectivity index (χ3v) is 6.18. The van der Waals surface area contributed by atoms with Gasteiger partial charge in [-0.3, -0.25) is 4.98 Å². The fraction of sp³-hybridized carbons (Fsp3) is 0.143. The molecular formula is C21H20BrN3O3S. The van der Waals surface area contributed by atoms with E-state index in [4.69, 9.17) is 0 Å². The lowest BCUT2D eigenvalue weighted by Crippen LogP contribution is -2.28. The number of aromatic nitrogens is 1. The van der Waals surface area contributed by atoms with Crippen molar-refractivity contribution in [1.29, 1.82) is 0 Å². The molecule has 0 saturated carbocycles. The maximum absolute atomic E-state index is 12.4. The Labute approximate surface area is 178 Å². The van der Waals surface area contributed by atoms with E-state index in [-0.39, 0.29) is 17.5 Å². The van der Waals surface area contributed by atoms with Crippen molar-refractivity contribution in [2.75, 3.05) is 5.32 Å². The van der Waals surface area contributed by atoms with Gasteiger partial charge in [0.25, 0.3) is 0 Å². The van der Waals surface area contributed by atoms with E-state index in [1.165, 1.54) is 0 Å². The van der Waals surface area contributed by atoms with E-state index in [1.54, 1.807) is 48.8 Å². The Morgan fingerprint density at radius 1 is 0.828 bits per heavy atom. The zero-order chi connectivity index (χ0) is 20.7. The summed E-state index contributed by atoms with van der Waals surface area (Å²) >= 11 is 3.34. The number of carbonyl (C=O) groups is 1. The molecular weight excluding hydrogens is 454 g/mol. The lowest BCUT2D eigenvalue weighted by Gasteiger charge is -2.09. The Morgan fingerprint density at radius 2 is 1.38 bits per heavy atom. The van der Waals surface area contributed by atoms with Crippen molar-refractivity contribution >= 4 is 37.5 Å². The fourth-order valence-electron chi connectivity index (χ4n) is 2.68. The summed E-state index contributed by atoms with van der Waals surface area (Å²) in [5.41, 5.74) is 2.95. The summed E-state index contributed by atoms with van der Waals surface area (Å²) < 4.78 is 25.8. The summed E-state index contributed by atoms with van der Waals surface area (Å²) in [6.45, 7) is 0.390. The molecule has 0 atom stereocenters. The zero-order valence-electron chi connectivity index (χ0n) is 15.5. The number of amides is 2. The van der Waals surface area contributed by atoms with Gasteiger partial charge in [-0.25, -0.2) is 13.2 Å². The van der Waals surface area contributed by atoms with Crippen LogP contribution in [0.25, 0.3) is 0 Å². The van der Waals surface area contributed by atoms with Crippen LogP contribution >= 0.6 is 15.9 Å². The van der Waals surface area contributed by atoms with Gasteiger partial charge in [-0.15, -0.1) is 0 Å². The van der Waals surface area contributed by atoms with Gasteiger partial charge in [-0.1, -0.05) is 40.2 Å². The number of pyridine rings is 1. The van der Waals surface area contributed by atoms with Crippen molar-refractivity contribution < 1.29 is 13.2 Å². The van der Waals surface area contributed by atoms with Crippen LogP contribution in [-0.4, -0.2) is 19.4 Å². The van der Waals surface area contributed by atoms with Gasteiger partial charge in [0.2, 0.25) is 0 Å². The highest BCUT2D eigenvalue weighted by Crippen LogP contribution is 2.17. The van der Waals surface area contributed by atoms with Crippen LogP contribution in [0.5, 0.6) is 0 Å². The topological polar surface area (TPSA) is 88.2 Å². The Bertz CT molecular complexity index is 1050. The lowest BCUT2D eigenvalue weighted by molar-refractivity contribution is 0.251. The van der Waals surface area contributed by atoms with E-state index in [2.05, 4.69) is 31.5 Å². The second kappa shape index (κ2) is 9.67. The SMILES string of the molecule is O=C(NCc1ccncc1)Nc1ccc(CS(=O)(=O)Cc2ccc(Br)cc2)cc1. The number of carbonyl (C=O) groups excluding carboxylic acids is 1. The predicted molar refractivity (Wildman–Crippen MR) is 117 cm³/mol. The number of rotatable bonds is 7. The molecule has 0 fully saturated rings. The molecule has 0 radical (unpaired) electrons. The number of halogens is 1. The normalized spacial score (nSPS) is 11.1. The smallest absolute Gasteiger partial charge is 0.319 e. The Morgan fingerprint density at radius 3 is 1.97 bits per heavy atom. The van der Waals surface area contributed by atoms with E-state index < -0.39 is 9.84 Å². The summed E-state index contributed by atoms with van der Waals surface area (Å²) in [5.74, 6) is -0.0741. The Hall–Kier alpha value is -2.71. The van der Waals surface area contributed by atoms with Crippen molar-refractivity contribution in [2.24, 2.45) is 0 Å². The van der Waals surface area contributed by atoms with Crippen LogP contribution in [-0.2, 0) is 27.9 Å². The van der Waals surface area contributed by atoms with Crippen LogP contribution in [0.15, 0.2) is 77.5 Å². The quantitative estimate of drug-likeness (QED) is 0.535. The standard InChI is InChI=1S/C21H20BrN3O3S/c22-19-5-1-17(2-6-19)14-29(27,28)15-18-3-7-20(8-4-18)25-21(26)24-13-16-9-11-23-12-10-16/h1-12H,13-15H2,(H2,24,25,26). The highest BCUT2D eigenvalue weighted by molar-refractivity contribution is 9.10. The molecule has 0 aliphatic carbocycles. The van der Waals surface area contributed by atoms with Crippen LogP contribution in [0, 0.1) is 0 Å². The Balaban J connectivity index is 1.52. The monoisotopic (exact) mass is 473 g/mol. The average molecular weight is 474 g/mol. The van der Waals surface area contributed by atoms with Crippen molar-refractivity contribution in [3.05, 3.63) is 94.2 Å². The van der Waals surface area contributed by atoms with Gasteiger partial charge in [0, 0.05) is 29.1 Å². The maximum atomic E-state index is 12.4. The molecule has 150 valence electrons. The largest absolute Gasteiger partial charge is 0.334 e. The summed E-state index contributed by atoms with van der Waals surface area (Å²) in [6, 6.07) is 17.3. The molecule has 0 saturated heterocycles. The third-order valence-electron chi connectivity index (χ3n) is 4.10. The fourth-order valence-corrected chi connectivity index (χ4v) is 4.45. The first-order valence-electron chi connectivity index (χ1n) is 8.87. The first kappa shape index (κ1) is 21.0. The second-order valence-electron chi connectivity index (χ2n) is 6.52. The average Bonchev–Trinajstić information content (AvgIpc) is 2.70. The summed E-state index contributed by atoms with van der Waals surface area (Å²) in [7, 11) is -3.30. The Kier molecular flexibility index (Phi) is 7.00. The molecule has 0 aliphatic rings. The zero-order valence-corrected chi connectivity index (χ0v) is 17.9. The third kappa shape index (κ3) is 6.99. The number of sulfone groups is 1. The summed E-state index contributed by atoms with van der Waals surface area (Å²) in [6.07, 6.45) is 3.33. The predicted octanol–water partition coefficient (Wildman–Crippen LogP) is 4.28. The van der Waals surface area contributed by atoms with Gasteiger partial charge in [-0.05, 0) is 53.1 Å². The molecule has 2 N–H and O–H groups in total. The van der Waals surface area contributed by atoms with Crippen molar-refractivity contribution in [1.82, 2.24) is 10.3 Å². The van der Waals surface area contributed by atoms with Gasteiger partial charge in [-0.2, -0.15) is 0 Å². The van der Waals surface area contributed by atoms with Gasteiger partial charge < -0.3 is 10.6 Å². The van der Waals surface area contributed by atoms with Crippen LogP contribution in [0.1, 0.15) is 16.7 Å². The molecule has 6 nitrogen and oxygen atoms in total. The maximum Gasteiger partial charge on any atom is 0.319 e. The number of anilines is 1. The van der Waals surface area contributed by atoms with Gasteiger partial charge in [0.05, 0.1) is 11.5 Å². The molecule has 29 heavy (non-hydrogen) atoms. The first-order chi connectivity index (χ1) is 13.9. The number of hydrogen-bond donors (Lipinski definition) is 2. The van der Waals surface area contributed by atoms with E-state index >= 15 is 0 Å². The molecule has 1 aromatic heterocycles. The van der Waals surface area contributed by atoms with Crippen LogP contribution in [0.4, 0.5) is 10.5 Å². The van der Waals surface area contributed by atoms with Crippen molar-refractivity contribution in [3.63, 3.8) is 0 Å². The number of nitrogens with one attached hydrogen (secondary N) is 2. The second-order valence-corrected chi connectivity index (χ2v) is 9.50. The minimum absolute atomic E-state index is 0.0162. The molecule has 3 rings (SSSR count). The van der Waals surface area contributed by atoms with Crippen LogP contribution < -0.4 is 10.6 Å². The van der Waals surface area contributed by atoms with E-state index in [1.807, 2.05) is 24.3 Å². The highest BCUT2D eigenvalue weighted by Gasteiger charge is 2.13.